The molecule has 3 heteroatoms. The Balaban J connectivity index is 2.09. The van der Waals surface area contributed by atoms with E-state index in [0.717, 1.165) is 0 Å². The lowest BCUT2D eigenvalue weighted by atomic mass is 9.97. The first-order chi connectivity index (χ1) is 9.69. The Hall–Kier alpha value is -1.16. The molecule has 20 heavy (non-hydrogen) atoms. The highest BCUT2D eigenvalue weighted by Crippen LogP contribution is 2.34. The average Bonchev–Trinajstić information content (AvgIpc) is 2.78. The van der Waals surface area contributed by atoms with Crippen molar-refractivity contribution in [2.45, 2.75) is 13.0 Å². The normalized spacial score (nSPS) is 12.8. The van der Waals surface area contributed by atoms with Gasteiger partial charge in [-0.15, -0.1) is 11.3 Å². The summed E-state index contributed by atoms with van der Waals surface area (Å²) in [6, 6.07) is 17.6. The van der Waals surface area contributed by atoms with E-state index in [2.05, 4.69) is 76.7 Å². The lowest BCUT2D eigenvalue weighted by Gasteiger charge is -2.17. The molecule has 1 nitrogen and oxygen atoms in total. The molecule has 3 rings (SSSR count). The smallest absolute Gasteiger partial charge is 0.0704 e. The first-order valence-electron chi connectivity index (χ1n) is 6.61. The van der Waals surface area contributed by atoms with Crippen molar-refractivity contribution in [3.63, 3.8) is 0 Å². The molecule has 1 heterocycles. The van der Waals surface area contributed by atoms with Gasteiger partial charge in [-0.3, -0.25) is 0 Å². The van der Waals surface area contributed by atoms with E-state index in [1.54, 1.807) is 11.3 Å². The summed E-state index contributed by atoms with van der Waals surface area (Å²) >= 11 is 5.37. The minimum absolute atomic E-state index is 0.238. The summed E-state index contributed by atoms with van der Waals surface area (Å²) in [7, 11) is 2.02. The van der Waals surface area contributed by atoms with Crippen molar-refractivity contribution in [2.24, 2.45) is 0 Å². The van der Waals surface area contributed by atoms with Gasteiger partial charge in [0.05, 0.1) is 9.83 Å². The van der Waals surface area contributed by atoms with Gasteiger partial charge in [-0.2, -0.15) is 0 Å². The second kappa shape index (κ2) is 5.68. The maximum atomic E-state index is 3.58. The summed E-state index contributed by atoms with van der Waals surface area (Å²) in [4.78, 5) is 1.35. The van der Waals surface area contributed by atoms with E-state index in [1.165, 1.54) is 30.6 Å². The average molecular weight is 346 g/mol. The van der Waals surface area contributed by atoms with Crippen LogP contribution in [0.5, 0.6) is 0 Å². The zero-order valence-electron chi connectivity index (χ0n) is 11.5. The predicted octanol–water partition coefficient (Wildman–Crippen LogP) is 5.28. The second-order valence-corrected chi connectivity index (χ2v) is 7.53. The predicted molar refractivity (Wildman–Crippen MR) is 91.6 cm³/mol. The topological polar surface area (TPSA) is 12.0 Å². The fourth-order valence-electron chi connectivity index (χ4n) is 2.63. The van der Waals surface area contributed by atoms with E-state index >= 15 is 0 Å². The van der Waals surface area contributed by atoms with Gasteiger partial charge in [0, 0.05) is 4.88 Å². The molecule has 0 aliphatic rings. The first kappa shape index (κ1) is 13.8. The Bertz CT molecular complexity index is 748. The van der Waals surface area contributed by atoms with Crippen molar-refractivity contribution in [3.05, 3.63) is 68.3 Å². The van der Waals surface area contributed by atoms with Crippen molar-refractivity contribution in [1.82, 2.24) is 5.32 Å². The Morgan fingerprint density at radius 1 is 1.05 bits per heavy atom. The van der Waals surface area contributed by atoms with Crippen LogP contribution in [0.1, 0.15) is 22.0 Å². The van der Waals surface area contributed by atoms with E-state index in [9.17, 15) is 0 Å². The molecule has 1 atom stereocenters. The van der Waals surface area contributed by atoms with E-state index < -0.39 is 0 Å². The maximum absolute atomic E-state index is 3.58. The first-order valence-corrected chi connectivity index (χ1v) is 8.22. The van der Waals surface area contributed by atoms with E-state index in [0.29, 0.717) is 0 Å². The van der Waals surface area contributed by atoms with Gasteiger partial charge < -0.3 is 5.32 Å². The van der Waals surface area contributed by atoms with Gasteiger partial charge in [-0.1, -0.05) is 36.4 Å². The Morgan fingerprint density at radius 2 is 1.80 bits per heavy atom. The van der Waals surface area contributed by atoms with Crippen molar-refractivity contribution < 1.29 is 0 Å². The van der Waals surface area contributed by atoms with Crippen LogP contribution in [0.25, 0.3) is 10.8 Å². The molecular weight excluding hydrogens is 330 g/mol. The van der Waals surface area contributed by atoms with Crippen LogP contribution in [-0.2, 0) is 0 Å². The zero-order valence-corrected chi connectivity index (χ0v) is 13.9. The van der Waals surface area contributed by atoms with E-state index in [4.69, 9.17) is 0 Å². The molecule has 0 fully saturated rings. The molecule has 1 N–H and O–H groups in total. The van der Waals surface area contributed by atoms with Crippen LogP contribution in [0, 0.1) is 6.92 Å². The lowest BCUT2D eigenvalue weighted by molar-refractivity contribution is 0.691. The summed E-state index contributed by atoms with van der Waals surface area (Å²) in [5.74, 6) is 0. The fourth-order valence-corrected chi connectivity index (χ4v) is 4.38. The third-order valence-electron chi connectivity index (χ3n) is 3.63. The van der Waals surface area contributed by atoms with Crippen LogP contribution >= 0.6 is 27.3 Å². The Labute approximate surface area is 131 Å². The van der Waals surface area contributed by atoms with Gasteiger partial charge in [0.2, 0.25) is 0 Å². The number of fused-ring (bicyclic) bond motifs is 1. The third kappa shape index (κ3) is 2.53. The molecule has 0 spiro atoms. The van der Waals surface area contributed by atoms with Crippen molar-refractivity contribution >= 4 is 38.0 Å². The van der Waals surface area contributed by atoms with Crippen LogP contribution in [0.4, 0.5) is 0 Å². The molecule has 2 aromatic carbocycles. The molecule has 1 aromatic heterocycles. The van der Waals surface area contributed by atoms with E-state index in [-0.39, 0.29) is 6.04 Å². The summed E-state index contributed by atoms with van der Waals surface area (Å²) in [5.41, 5.74) is 2.65. The molecule has 0 radical (unpaired) electrons. The summed E-state index contributed by atoms with van der Waals surface area (Å²) in [5, 5.41) is 6.01. The maximum Gasteiger partial charge on any atom is 0.0704 e. The quantitative estimate of drug-likeness (QED) is 0.680. The highest BCUT2D eigenvalue weighted by molar-refractivity contribution is 9.11. The number of benzene rings is 2. The van der Waals surface area contributed by atoms with Crippen LogP contribution in [0.2, 0.25) is 0 Å². The molecule has 102 valence electrons. The van der Waals surface area contributed by atoms with Gasteiger partial charge in [-0.05, 0) is 63.9 Å². The zero-order chi connectivity index (χ0) is 14.1. The molecule has 0 bridgehead atoms. The molecule has 0 aliphatic heterocycles. The number of halogens is 1. The molecule has 1 unspecified atom stereocenters. The van der Waals surface area contributed by atoms with Crippen molar-refractivity contribution in [3.8, 4) is 0 Å². The highest BCUT2D eigenvalue weighted by atomic mass is 79.9. The highest BCUT2D eigenvalue weighted by Gasteiger charge is 2.16. The van der Waals surface area contributed by atoms with Gasteiger partial charge in [0.25, 0.3) is 0 Å². The summed E-state index contributed by atoms with van der Waals surface area (Å²) < 4.78 is 1.19. The van der Waals surface area contributed by atoms with Gasteiger partial charge in [-0.25, -0.2) is 0 Å². The number of hydrogen-bond acceptors (Lipinski definition) is 2. The summed E-state index contributed by atoms with van der Waals surface area (Å²) in [6.45, 7) is 2.18. The van der Waals surface area contributed by atoms with Crippen LogP contribution < -0.4 is 5.32 Å². The van der Waals surface area contributed by atoms with Gasteiger partial charge in [0.15, 0.2) is 0 Å². The van der Waals surface area contributed by atoms with Crippen molar-refractivity contribution in [2.75, 3.05) is 7.05 Å². The standard InChI is InChI=1S/C17H16BrNS/c1-11-15(10-16(18)20-11)17(19-2)14-8-7-12-5-3-4-6-13(12)9-14/h3-10,17,19H,1-2H3. The molecule has 0 aliphatic carbocycles. The largest absolute Gasteiger partial charge is 0.309 e. The molecule has 3 aromatic rings. The number of thiophene rings is 1. The monoisotopic (exact) mass is 345 g/mol. The third-order valence-corrected chi connectivity index (χ3v) is 5.20. The van der Waals surface area contributed by atoms with Gasteiger partial charge in [0.1, 0.15) is 0 Å². The molecule has 0 amide bonds. The Morgan fingerprint density at radius 3 is 2.45 bits per heavy atom. The minimum atomic E-state index is 0.238. The molecule has 0 saturated carbocycles. The molecule has 0 saturated heterocycles. The number of hydrogen-bond donors (Lipinski definition) is 1. The lowest BCUT2D eigenvalue weighted by Crippen LogP contribution is -2.17. The number of nitrogens with one attached hydrogen (secondary N) is 1. The second-order valence-electron chi connectivity index (χ2n) is 4.89. The van der Waals surface area contributed by atoms with Crippen molar-refractivity contribution in [1.29, 1.82) is 0 Å². The molecular formula is C17H16BrNS. The minimum Gasteiger partial charge on any atom is -0.309 e. The van der Waals surface area contributed by atoms with Crippen LogP contribution in [0.15, 0.2) is 52.3 Å². The SMILES string of the molecule is CNC(c1ccc2ccccc2c1)c1cc(Br)sc1C. The van der Waals surface area contributed by atoms with Gasteiger partial charge >= 0.3 is 0 Å². The Kier molecular flexibility index (Phi) is 3.92. The number of rotatable bonds is 3. The van der Waals surface area contributed by atoms with Crippen LogP contribution in [-0.4, -0.2) is 7.05 Å². The fraction of sp³-hybridized carbons (Fsp3) is 0.176. The number of aryl methyl sites for hydroxylation is 1. The summed E-state index contributed by atoms with van der Waals surface area (Å²) in [6.07, 6.45) is 0. The van der Waals surface area contributed by atoms with E-state index in [1.807, 2.05) is 7.05 Å². The van der Waals surface area contributed by atoms with Crippen LogP contribution in [0.3, 0.4) is 0 Å².